The molecule has 20 heavy (non-hydrogen) atoms. The van der Waals surface area contributed by atoms with E-state index in [-0.39, 0.29) is 23.0 Å². The molecule has 6 nitrogen and oxygen atoms in total. The Balaban J connectivity index is 3.13. The van der Waals surface area contributed by atoms with Crippen LogP contribution in [0, 0.1) is 5.92 Å². The second-order valence-electron chi connectivity index (χ2n) is 5.55. The van der Waals surface area contributed by atoms with Crippen LogP contribution >= 0.6 is 0 Å². The van der Waals surface area contributed by atoms with E-state index in [2.05, 4.69) is 12.2 Å². The van der Waals surface area contributed by atoms with E-state index >= 15 is 0 Å². The fourth-order valence-electron chi connectivity index (χ4n) is 2.08. The predicted molar refractivity (Wildman–Crippen MR) is 83.2 cm³/mol. The summed E-state index contributed by atoms with van der Waals surface area (Å²) < 4.78 is 2.58. The molecule has 0 aliphatic heterocycles. The van der Waals surface area contributed by atoms with Crippen LogP contribution in [-0.4, -0.2) is 15.7 Å². The summed E-state index contributed by atoms with van der Waals surface area (Å²) in [6, 6.07) is 0. The number of unbranched alkanes of at least 4 members (excludes halogenated alkanes) is 2. The van der Waals surface area contributed by atoms with Gasteiger partial charge >= 0.3 is 5.69 Å². The Morgan fingerprint density at radius 3 is 2.45 bits per heavy atom. The second-order valence-corrected chi connectivity index (χ2v) is 5.55. The summed E-state index contributed by atoms with van der Waals surface area (Å²) in [6.07, 6.45) is 3.18. The average molecular weight is 282 g/mol. The van der Waals surface area contributed by atoms with Gasteiger partial charge in [-0.25, -0.2) is 4.79 Å². The first-order valence-electron chi connectivity index (χ1n) is 7.23. The highest BCUT2D eigenvalue weighted by atomic mass is 16.2. The number of hydrogen-bond donors (Lipinski definition) is 2. The lowest BCUT2D eigenvalue weighted by atomic mass is 10.2. The highest BCUT2D eigenvalue weighted by Crippen LogP contribution is 2.12. The van der Waals surface area contributed by atoms with Crippen LogP contribution in [0.2, 0.25) is 0 Å². The molecule has 0 aliphatic rings. The van der Waals surface area contributed by atoms with Crippen molar-refractivity contribution < 1.29 is 0 Å². The van der Waals surface area contributed by atoms with Crippen molar-refractivity contribution >= 4 is 11.5 Å². The largest absolute Gasteiger partial charge is 0.383 e. The molecule has 0 radical (unpaired) electrons. The summed E-state index contributed by atoms with van der Waals surface area (Å²) in [5.41, 5.74) is 5.62. The third kappa shape index (κ3) is 3.65. The highest BCUT2D eigenvalue weighted by Gasteiger charge is 2.15. The molecule has 6 heteroatoms. The first kappa shape index (κ1) is 16.3. The lowest BCUT2D eigenvalue weighted by molar-refractivity contribution is 0.494. The third-order valence-corrected chi connectivity index (χ3v) is 3.21. The van der Waals surface area contributed by atoms with E-state index in [0.29, 0.717) is 18.8 Å². The normalized spacial score (nSPS) is 11.1. The highest BCUT2D eigenvalue weighted by molar-refractivity contribution is 5.60. The summed E-state index contributed by atoms with van der Waals surface area (Å²) in [5.74, 6) is 0.517. The molecule has 3 N–H and O–H groups in total. The second kappa shape index (κ2) is 7.17. The van der Waals surface area contributed by atoms with Crippen LogP contribution in [0.5, 0.6) is 0 Å². The maximum absolute atomic E-state index is 12.1. The molecule has 0 unspecified atom stereocenters. The van der Waals surface area contributed by atoms with Gasteiger partial charge in [0, 0.05) is 20.1 Å². The maximum Gasteiger partial charge on any atom is 0.332 e. The van der Waals surface area contributed by atoms with Crippen LogP contribution in [0.3, 0.4) is 0 Å². The standard InChI is InChI=1S/C14H26N4O2/c1-5-6-7-8-16-11-12(15)18(9-10(2)3)14(20)17(4)13(11)19/h10,16H,5-9,15H2,1-4H3. The lowest BCUT2D eigenvalue weighted by Gasteiger charge is -2.17. The van der Waals surface area contributed by atoms with E-state index in [0.717, 1.165) is 23.8 Å². The first-order chi connectivity index (χ1) is 9.40. The van der Waals surface area contributed by atoms with Gasteiger partial charge in [-0.05, 0) is 12.3 Å². The van der Waals surface area contributed by atoms with Crippen LogP contribution < -0.4 is 22.3 Å². The Kier molecular flexibility index (Phi) is 5.85. The van der Waals surface area contributed by atoms with E-state index in [1.807, 2.05) is 13.8 Å². The number of hydrogen-bond acceptors (Lipinski definition) is 4. The van der Waals surface area contributed by atoms with Gasteiger partial charge < -0.3 is 11.1 Å². The minimum atomic E-state index is -0.361. The molecule has 0 saturated heterocycles. The number of anilines is 2. The summed E-state index contributed by atoms with van der Waals surface area (Å²) in [6.45, 7) is 7.32. The zero-order valence-corrected chi connectivity index (χ0v) is 12.9. The number of nitrogens with one attached hydrogen (secondary N) is 1. The predicted octanol–water partition coefficient (Wildman–Crippen LogP) is 1.39. The smallest absolute Gasteiger partial charge is 0.332 e. The van der Waals surface area contributed by atoms with Crippen molar-refractivity contribution in [1.82, 2.24) is 9.13 Å². The monoisotopic (exact) mass is 282 g/mol. The van der Waals surface area contributed by atoms with Crippen LogP contribution in [0.15, 0.2) is 9.59 Å². The zero-order chi connectivity index (χ0) is 15.3. The van der Waals surface area contributed by atoms with E-state index in [1.54, 1.807) is 0 Å². The fraction of sp³-hybridized carbons (Fsp3) is 0.714. The molecule has 114 valence electrons. The molecule has 0 bridgehead atoms. The molecule has 1 rings (SSSR count). The molecule has 0 saturated carbocycles. The molecule has 1 aromatic rings. The third-order valence-electron chi connectivity index (χ3n) is 3.21. The molecule has 0 aromatic carbocycles. The summed E-state index contributed by atoms with van der Waals surface area (Å²) >= 11 is 0. The molecule has 1 aromatic heterocycles. The van der Waals surface area contributed by atoms with E-state index in [1.165, 1.54) is 11.6 Å². The van der Waals surface area contributed by atoms with Crippen molar-refractivity contribution in [3.8, 4) is 0 Å². The van der Waals surface area contributed by atoms with Crippen LogP contribution in [0.1, 0.15) is 40.0 Å². The Labute approximate surface area is 119 Å². The van der Waals surface area contributed by atoms with Crippen molar-refractivity contribution in [2.24, 2.45) is 13.0 Å². The lowest BCUT2D eigenvalue weighted by Crippen LogP contribution is -2.41. The Morgan fingerprint density at radius 1 is 1.25 bits per heavy atom. The molecular formula is C14H26N4O2. The molecule has 0 amide bonds. The topological polar surface area (TPSA) is 82.0 Å². The van der Waals surface area contributed by atoms with Gasteiger partial charge in [0.25, 0.3) is 5.56 Å². The Morgan fingerprint density at radius 2 is 1.90 bits per heavy atom. The zero-order valence-electron chi connectivity index (χ0n) is 12.9. The van der Waals surface area contributed by atoms with Crippen LogP contribution in [-0.2, 0) is 13.6 Å². The molecule has 0 spiro atoms. The van der Waals surface area contributed by atoms with Gasteiger partial charge in [-0.3, -0.25) is 13.9 Å². The number of nitrogens with zero attached hydrogens (tertiary/aromatic N) is 2. The van der Waals surface area contributed by atoms with Gasteiger partial charge in [0.15, 0.2) is 0 Å². The van der Waals surface area contributed by atoms with E-state index < -0.39 is 0 Å². The summed E-state index contributed by atoms with van der Waals surface area (Å²) in [7, 11) is 1.48. The van der Waals surface area contributed by atoms with Crippen LogP contribution in [0.25, 0.3) is 0 Å². The summed E-state index contributed by atoms with van der Waals surface area (Å²) in [4.78, 5) is 24.2. The molecule has 0 fully saturated rings. The maximum atomic E-state index is 12.1. The van der Waals surface area contributed by atoms with Crippen molar-refractivity contribution in [3.63, 3.8) is 0 Å². The van der Waals surface area contributed by atoms with Gasteiger partial charge in [0.1, 0.15) is 11.5 Å². The Hall–Kier alpha value is -1.72. The van der Waals surface area contributed by atoms with Gasteiger partial charge in [-0.2, -0.15) is 0 Å². The van der Waals surface area contributed by atoms with Crippen LogP contribution in [0.4, 0.5) is 11.5 Å². The number of aromatic nitrogens is 2. The van der Waals surface area contributed by atoms with Crippen molar-refractivity contribution in [2.45, 2.75) is 46.6 Å². The molecule has 0 atom stereocenters. The first-order valence-corrected chi connectivity index (χ1v) is 7.23. The number of rotatable bonds is 7. The average Bonchev–Trinajstić information content (AvgIpc) is 2.40. The molecule has 0 aliphatic carbocycles. The fourth-order valence-corrected chi connectivity index (χ4v) is 2.08. The number of nitrogen functional groups attached to an aromatic ring is 1. The van der Waals surface area contributed by atoms with Gasteiger partial charge in [-0.1, -0.05) is 33.6 Å². The minimum absolute atomic E-state index is 0.239. The van der Waals surface area contributed by atoms with Crippen molar-refractivity contribution in [3.05, 3.63) is 20.8 Å². The van der Waals surface area contributed by atoms with Crippen molar-refractivity contribution in [2.75, 3.05) is 17.6 Å². The SMILES string of the molecule is CCCCCNc1c(N)n(CC(C)C)c(=O)n(C)c1=O. The quantitative estimate of drug-likeness (QED) is 0.740. The van der Waals surface area contributed by atoms with Gasteiger partial charge in [0.05, 0.1) is 0 Å². The van der Waals surface area contributed by atoms with Gasteiger partial charge in [-0.15, -0.1) is 0 Å². The Bertz CT molecular complexity index is 558. The molecular weight excluding hydrogens is 256 g/mol. The summed E-state index contributed by atoms with van der Waals surface area (Å²) in [5, 5.41) is 3.08. The minimum Gasteiger partial charge on any atom is -0.383 e. The van der Waals surface area contributed by atoms with Gasteiger partial charge in [0.2, 0.25) is 0 Å². The number of nitrogens with two attached hydrogens (primary N) is 1. The van der Waals surface area contributed by atoms with E-state index in [9.17, 15) is 9.59 Å². The molecule has 1 heterocycles. The van der Waals surface area contributed by atoms with Crippen molar-refractivity contribution in [1.29, 1.82) is 0 Å². The van der Waals surface area contributed by atoms with E-state index in [4.69, 9.17) is 5.73 Å².